The molecule has 0 unspecified atom stereocenters. The summed E-state index contributed by atoms with van der Waals surface area (Å²) in [5.41, 5.74) is 2.06. The standard InChI is InChI=1S/C18H15FN2O3S/c19-15(11-13-5-2-1-3-6-13)18-20-16-12-14(7-8-17(16)24-18)21-9-4-10-25(21,22)23/h1-3,5-8,11-12H,4,9-10H2. The zero-order valence-electron chi connectivity index (χ0n) is 13.2. The molecular weight excluding hydrogens is 343 g/mol. The lowest BCUT2D eigenvalue weighted by Gasteiger charge is -2.16. The number of aromatic nitrogens is 1. The molecule has 1 aromatic heterocycles. The fourth-order valence-electron chi connectivity index (χ4n) is 2.86. The number of hydrogen-bond donors (Lipinski definition) is 0. The van der Waals surface area contributed by atoms with E-state index in [-0.39, 0.29) is 11.6 Å². The van der Waals surface area contributed by atoms with Gasteiger partial charge in [-0.05, 0) is 36.3 Å². The summed E-state index contributed by atoms with van der Waals surface area (Å²) in [5, 5.41) is 0. The van der Waals surface area contributed by atoms with Gasteiger partial charge in [0.2, 0.25) is 10.0 Å². The largest absolute Gasteiger partial charge is 0.434 e. The molecule has 1 fully saturated rings. The van der Waals surface area contributed by atoms with E-state index in [9.17, 15) is 12.8 Å². The zero-order chi connectivity index (χ0) is 17.4. The average molecular weight is 358 g/mol. The Morgan fingerprint density at radius 3 is 2.72 bits per heavy atom. The van der Waals surface area contributed by atoms with E-state index in [4.69, 9.17) is 4.42 Å². The molecule has 0 atom stereocenters. The van der Waals surface area contributed by atoms with Crippen molar-refractivity contribution < 1.29 is 17.2 Å². The third kappa shape index (κ3) is 3.02. The minimum absolute atomic E-state index is 0.125. The summed E-state index contributed by atoms with van der Waals surface area (Å²) >= 11 is 0. The van der Waals surface area contributed by atoms with Crippen LogP contribution in [0.4, 0.5) is 10.1 Å². The minimum atomic E-state index is -3.27. The van der Waals surface area contributed by atoms with Crippen molar-refractivity contribution in [3.63, 3.8) is 0 Å². The van der Waals surface area contributed by atoms with Crippen LogP contribution in [0.2, 0.25) is 0 Å². The lowest BCUT2D eigenvalue weighted by molar-refractivity contribution is 0.556. The van der Waals surface area contributed by atoms with Gasteiger partial charge in [-0.25, -0.2) is 17.8 Å². The van der Waals surface area contributed by atoms with Crippen LogP contribution in [-0.4, -0.2) is 25.7 Å². The van der Waals surface area contributed by atoms with Gasteiger partial charge in [0.25, 0.3) is 5.89 Å². The number of rotatable bonds is 3. The molecule has 1 aliphatic heterocycles. The molecule has 0 aliphatic carbocycles. The SMILES string of the molecule is O=S1(=O)CCCN1c1ccc2oc(C(F)=Cc3ccccc3)nc2c1. The summed E-state index contributed by atoms with van der Waals surface area (Å²) in [4.78, 5) is 4.16. The van der Waals surface area contributed by atoms with Crippen molar-refractivity contribution in [2.75, 3.05) is 16.6 Å². The Kier molecular flexibility index (Phi) is 3.80. The molecule has 1 saturated heterocycles. The van der Waals surface area contributed by atoms with Gasteiger partial charge in [-0.15, -0.1) is 0 Å². The summed E-state index contributed by atoms with van der Waals surface area (Å²) in [6.45, 7) is 0.445. The van der Waals surface area contributed by atoms with Gasteiger partial charge in [0.05, 0.1) is 11.4 Å². The van der Waals surface area contributed by atoms with Gasteiger partial charge in [-0.1, -0.05) is 30.3 Å². The first-order valence-corrected chi connectivity index (χ1v) is 9.47. The number of nitrogens with zero attached hydrogens (tertiary/aromatic N) is 2. The van der Waals surface area contributed by atoms with Crippen LogP contribution in [0.3, 0.4) is 0 Å². The predicted molar refractivity (Wildman–Crippen MR) is 95.2 cm³/mol. The number of oxazole rings is 1. The molecule has 2 heterocycles. The Hall–Kier alpha value is -2.67. The zero-order valence-corrected chi connectivity index (χ0v) is 14.0. The number of halogens is 1. The van der Waals surface area contributed by atoms with Crippen molar-refractivity contribution in [1.29, 1.82) is 0 Å². The van der Waals surface area contributed by atoms with Gasteiger partial charge in [-0.2, -0.15) is 0 Å². The molecule has 2 aromatic carbocycles. The molecule has 5 nitrogen and oxygen atoms in total. The highest BCUT2D eigenvalue weighted by atomic mass is 32.2. The van der Waals surface area contributed by atoms with E-state index < -0.39 is 15.9 Å². The molecule has 0 radical (unpaired) electrons. The molecule has 0 saturated carbocycles. The van der Waals surface area contributed by atoms with Gasteiger partial charge in [0, 0.05) is 6.54 Å². The van der Waals surface area contributed by atoms with Crippen LogP contribution in [0, 0.1) is 0 Å². The highest BCUT2D eigenvalue weighted by Gasteiger charge is 2.28. The second-order valence-electron chi connectivity index (χ2n) is 5.82. The van der Waals surface area contributed by atoms with E-state index in [0.717, 1.165) is 0 Å². The molecule has 128 valence electrons. The molecule has 0 N–H and O–H groups in total. The number of fused-ring (bicyclic) bond motifs is 1. The summed E-state index contributed by atoms with van der Waals surface area (Å²) in [6, 6.07) is 13.9. The molecule has 0 amide bonds. The summed E-state index contributed by atoms with van der Waals surface area (Å²) in [6.07, 6.45) is 1.94. The molecular formula is C18H15FN2O3S. The van der Waals surface area contributed by atoms with Crippen LogP contribution in [0.1, 0.15) is 17.9 Å². The van der Waals surface area contributed by atoms with Gasteiger partial charge in [-0.3, -0.25) is 4.31 Å². The fraction of sp³-hybridized carbons (Fsp3) is 0.167. The monoisotopic (exact) mass is 358 g/mol. The summed E-state index contributed by atoms with van der Waals surface area (Å²) in [7, 11) is -3.27. The lowest BCUT2D eigenvalue weighted by Crippen LogP contribution is -2.24. The van der Waals surface area contributed by atoms with E-state index in [0.29, 0.717) is 35.3 Å². The third-order valence-electron chi connectivity index (χ3n) is 4.06. The third-order valence-corrected chi connectivity index (χ3v) is 5.93. The summed E-state index contributed by atoms with van der Waals surface area (Å²) < 4.78 is 45.2. The smallest absolute Gasteiger partial charge is 0.256 e. The normalized spacial score (nSPS) is 17.3. The lowest BCUT2D eigenvalue weighted by atomic mass is 10.2. The van der Waals surface area contributed by atoms with Crippen LogP contribution in [0.25, 0.3) is 23.0 Å². The van der Waals surface area contributed by atoms with Crippen LogP contribution < -0.4 is 4.31 Å². The van der Waals surface area contributed by atoms with Crippen molar-refractivity contribution >= 4 is 38.7 Å². The Balaban J connectivity index is 1.70. The number of benzene rings is 2. The number of anilines is 1. The Morgan fingerprint density at radius 1 is 1.20 bits per heavy atom. The first-order chi connectivity index (χ1) is 12.0. The van der Waals surface area contributed by atoms with Crippen molar-refractivity contribution in [2.24, 2.45) is 0 Å². The number of hydrogen-bond acceptors (Lipinski definition) is 4. The molecule has 0 bridgehead atoms. The van der Waals surface area contributed by atoms with Gasteiger partial charge < -0.3 is 4.42 Å². The quantitative estimate of drug-likeness (QED) is 0.714. The predicted octanol–water partition coefficient (Wildman–Crippen LogP) is 3.84. The minimum Gasteiger partial charge on any atom is -0.434 e. The van der Waals surface area contributed by atoms with Gasteiger partial charge in [0.15, 0.2) is 11.4 Å². The first kappa shape index (κ1) is 15.8. The highest BCUT2D eigenvalue weighted by molar-refractivity contribution is 7.93. The van der Waals surface area contributed by atoms with Crippen LogP contribution in [0.15, 0.2) is 52.9 Å². The molecule has 25 heavy (non-hydrogen) atoms. The van der Waals surface area contributed by atoms with Crippen molar-refractivity contribution in [3.8, 4) is 0 Å². The Morgan fingerprint density at radius 2 is 2.00 bits per heavy atom. The van der Waals surface area contributed by atoms with E-state index in [1.54, 1.807) is 30.3 Å². The van der Waals surface area contributed by atoms with E-state index in [2.05, 4.69) is 4.98 Å². The van der Waals surface area contributed by atoms with Crippen molar-refractivity contribution in [1.82, 2.24) is 4.98 Å². The van der Waals surface area contributed by atoms with Crippen molar-refractivity contribution in [3.05, 3.63) is 60.0 Å². The molecule has 4 rings (SSSR count). The van der Waals surface area contributed by atoms with Crippen molar-refractivity contribution in [2.45, 2.75) is 6.42 Å². The maximum Gasteiger partial charge on any atom is 0.256 e. The van der Waals surface area contributed by atoms with Crippen LogP contribution >= 0.6 is 0 Å². The highest BCUT2D eigenvalue weighted by Crippen LogP contribution is 2.30. The fourth-order valence-corrected chi connectivity index (χ4v) is 4.42. The average Bonchev–Trinajstić information content (AvgIpc) is 3.17. The molecule has 3 aromatic rings. The van der Waals surface area contributed by atoms with Gasteiger partial charge >= 0.3 is 0 Å². The molecule has 7 heteroatoms. The van der Waals surface area contributed by atoms with E-state index in [1.165, 1.54) is 10.4 Å². The van der Waals surface area contributed by atoms with E-state index in [1.807, 2.05) is 18.2 Å². The second-order valence-corrected chi connectivity index (χ2v) is 7.83. The number of sulfonamides is 1. The molecule has 0 spiro atoms. The second kappa shape index (κ2) is 6.00. The maximum atomic E-state index is 14.4. The summed E-state index contributed by atoms with van der Waals surface area (Å²) in [5.74, 6) is -0.568. The van der Waals surface area contributed by atoms with Crippen LogP contribution in [0.5, 0.6) is 0 Å². The Labute approximate surface area is 144 Å². The van der Waals surface area contributed by atoms with Gasteiger partial charge in [0.1, 0.15) is 5.52 Å². The molecule has 1 aliphatic rings. The maximum absolute atomic E-state index is 14.4. The Bertz CT molecular complexity index is 1060. The topological polar surface area (TPSA) is 63.4 Å². The van der Waals surface area contributed by atoms with Crippen LogP contribution in [-0.2, 0) is 10.0 Å². The first-order valence-electron chi connectivity index (χ1n) is 7.86. The van der Waals surface area contributed by atoms with E-state index >= 15 is 0 Å².